The van der Waals surface area contributed by atoms with Gasteiger partial charge in [0.15, 0.2) is 12.4 Å². The van der Waals surface area contributed by atoms with E-state index in [1.165, 1.54) is 77.6 Å². The summed E-state index contributed by atoms with van der Waals surface area (Å²) in [4.78, 5) is 26.1. The Hall–Kier alpha value is -2.89. The molecule has 228 valence electrons. The van der Waals surface area contributed by atoms with E-state index in [4.69, 9.17) is 9.47 Å². The van der Waals surface area contributed by atoms with Crippen molar-refractivity contribution in [3.05, 3.63) is 59.4 Å². The van der Waals surface area contributed by atoms with Crippen molar-refractivity contribution in [2.24, 2.45) is 7.05 Å². The van der Waals surface area contributed by atoms with E-state index >= 15 is 0 Å². The Morgan fingerprint density at radius 2 is 1.46 bits per heavy atom. The molecule has 0 bridgehead atoms. The van der Waals surface area contributed by atoms with Gasteiger partial charge in [0.1, 0.15) is 19.4 Å². The maximum absolute atomic E-state index is 12.8. The Balaban J connectivity index is 1.79. The monoisotopic (exact) mass is 567 g/mol. The first-order chi connectivity index (χ1) is 19.6. The largest absolute Gasteiger partial charge is 0.493 e. The zero-order chi connectivity index (χ0) is 30.1. The molecule has 0 radical (unpaired) electrons. The summed E-state index contributed by atoms with van der Waals surface area (Å²) in [5, 5.41) is 0. The third kappa shape index (κ3) is 13.5. The minimum atomic E-state index is -0.645. The fraction of sp³-hybridized carbons (Fsp3) is 0.629. The highest BCUT2D eigenvalue weighted by Crippen LogP contribution is 2.32. The molecular formula is C35H55N2O4+. The molecule has 0 aliphatic rings. The van der Waals surface area contributed by atoms with Gasteiger partial charge in [-0.05, 0) is 41.2 Å². The molecule has 0 saturated carbocycles. The number of aromatic nitrogens is 1. The van der Waals surface area contributed by atoms with Crippen LogP contribution < -0.4 is 9.30 Å². The van der Waals surface area contributed by atoms with Crippen molar-refractivity contribution >= 4 is 12.0 Å². The Morgan fingerprint density at radius 3 is 2.02 bits per heavy atom. The number of pyridine rings is 1. The highest BCUT2D eigenvalue weighted by molar-refractivity contribution is 5.90. The van der Waals surface area contributed by atoms with Crippen LogP contribution in [0.2, 0.25) is 0 Å². The van der Waals surface area contributed by atoms with Gasteiger partial charge in [-0.15, -0.1) is 0 Å². The Kier molecular flexibility index (Phi) is 15.5. The highest BCUT2D eigenvalue weighted by atomic mass is 16.6. The second kappa shape index (κ2) is 18.5. The summed E-state index contributed by atoms with van der Waals surface area (Å²) in [6.45, 7) is 11.1. The molecule has 0 spiro atoms. The Labute approximate surface area is 249 Å². The molecule has 2 rings (SSSR count). The molecule has 0 atom stereocenters. The van der Waals surface area contributed by atoms with Crippen molar-refractivity contribution in [1.82, 2.24) is 4.90 Å². The second-order valence-corrected chi connectivity index (χ2v) is 12.4. The first-order valence-corrected chi connectivity index (χ1v) is 15.8. The predicted molar refractivity (Wildman–Crippen MR) is 166 cm³/mol. The zero-order valence-electron chi connectivity index (χ0n) is 26.7. The standard InChI is InChI=1S/C35H55N2O4/c1-7-8-9-10-11-12-13-14-15-16-17-18-24-40-33-22-21-30(25-32(33)35(3,4)5)28-41-34(39)37(29(2)38)27-31-20-19-23-36(6)26-31/h19-23,25-26H,7-18,24,27-28H2,1-6H3/q+1. The molecular weight excluding hydrogens is 512 g/mol. The number of rotatable bonds is 18. The van der Waals surface area contributed by atoms with E-state index < -0.39 is 6.09 Å². The number of carbonyl (C=O) groups excluding carboxylic acids is 2. The first kappa shape index (κ1) is 34.3. The molecule has 0 unspecified atom stereocenters. The summed E-state index contributed by atoms with van der Waals surface area (Å²) in [5.41, 5.74) is 2.69. The van der Waals surface area contributed by atoms with Crippen LogP contribution in [0.3, 0.4) is 0 Å². The smallest absolute Gasteiger partial charge is 0.417 e. The molecule has 1 aromatic carbocycles. The summed E-state index contributed by atoms with van der Waals surface area (Å²) in [7, 11) is 1.90. The molecule has 2 amide bonds. The third-order valence-electron chi connectivity index (χ3n) is 7.41. The summed E-state index contributed by atoms with van der Waals surface area (Å²) < 4.78 is 13.7. The summed E-state index contributed by atoms with van der Waals surface area (Å²) in [6.07, 6.45) is 19.0. The van der Waals surface area contributed by atoms with Gasteiger partial charge in [-0.25, -0.2) is 14.3 Å². The number of aryl methyl sites for hydroxylation is 1. The number of imide groups is 1. The molecule has 1 aromatic heterocycles. The Morgan fingerprint density at radius 1 is 0.854 bits per heavy atom. The normalized spacial score (nSPS) is 11.4. The SMILES string of the molecule is CCCCCCCCCCCCCCOc1ccc(COC(=O)N(Cc2ccc[n+](C)c2)C(C)=O)cc1C(C)(C)C. The molecule has 0 aliphatic carbocycles. The number of carbonyl (C=O) groups is 2. The van der Waals surface area contributed by atoms with E-state index in [1.54, 1.807) is 0 Å². The second-order valence-electron chi connectivity index (χ2n) is 12.4. The maximum atomic E-state index is 12.8. The van der Waals surface area contributed by atoms with Crippen molar-refractivity contribution in [2.75, 3.05) is 6.61 Å². The van der Waals surface area contributed by atoms with E-state index in [0.717, 1.165) is 33.8 Å². The minimum absolute atomic E-state index is 0.0906. The van der Waals surface area contributed by atoms with Crippen molar-refractivity contribution in [3.63, 3.8) is 0 Å². The van der Waals surface area contributed by atoms with Crippen LogP contribution >= 0.6 is 0 Å². The number of amides is 2. The number of unbranched alkanes of at least 4 members (excludes halogenated alkanes) is 11. The van der Waals surface area contributed by atoms with Gasteiger partial charge in [0.05, 0.1) is 13.2 Å². The Bertz CT molecular complexity index is 1060. The average molecular weight is 568 g/mol. The lowest BCUT2D eigenvalue weighted by atomic mass is 9.85. The van der Waals surface area contributed by atoms with Crippen LogP contribution in [0.15, 0.2) is 42.7 Å². The van der Waals surface area contributed by atoms with Crippen LogP contribution in [0.1, 0.15) is 128 Å². The molecule has 0 N–H and O–H groups in total. The van der Waals surface area contributed by atoms with Gasteiger partial charge in [-0.1, -0.05) is 104 Å². The van der Waals surface area contributed by atoms with Crippen LogP contribution in [0.5, 0.6) is 5.75 Å². The molecule has 0 saturated heterocycles. The van der Waals surface area contributed by atoms with Crippen molar-refractivity contribution in [1.29, 1.82) is 0 Å². The van der Waals surface area contributed by atoms with Crippen LogP contribution in [0.25, 0.3) is 0 Å². The average Bonchev–Trinajstić information content (AvgIpc) is 2.92. The predicted octanol–water partition coefficient (Wildman–Crippen LogP) is 8.57. The molecule has 2 aromatic rings. The lowest BCUT2D eigenvalue weighted by Gasteiger charge is -2.24. The van der Waals surface area contributed by atoms with Crippen LogP contribution in [0.4, 0.5) is 4.79 Å². The molecule has 1 heterocycles. The molecule has 41 heavy (non-hydrogen) atoms. The maximum Gasteiger partial charge on any atom is 0.417 e. The van der Waals surface area contributed by atoms with E-state index in [1.807, 2.05) is 48.3 Å². The van der Waals surface area contributed by atoms with Gasteiger partial charge in [-0.3, -0.25) is 4.79 Å². The van der Waals surface area contributed by atoms with Crippen LogP contribution in [-0.2, 0) is 35.1 Å². The van der Waals surface area contributed by atoms with E-state index in [-0.39, 0.29) is 24.5 Å². The lowest BCUT2D eigenvalue weighted by Crippen LogP contribution is -2.36. The van der Waals surface area contributed by atoms with Gasteiger partial charge in [0.2, 0.25) is 5.91 Å². The van der Waals surface area contributed by atoms with Gasteiger partial charge in [0.25, 0.3) is 0 Å². The number of nitrogens with zero attached hydrogens (tertiary/aromatic N) is 2. The fourth-order valence-corrected chi connectivity index (χ4v) is 4.96. The lowest BCUT2D eigenvalue weighted by molar-refractivity contribution is -0.672. The fourth-order valence-electron chi connectivity index (χ4n) is 4.96. The third-order valence-corrected chi connectivity index (χ3v) is 7.41. The molecule has 0 fully saturated rings. The van der Waals surface area contributed by atoms with E-state index in [9.17, 15) is 9.59 Å². The van der Waals surface area contributed by atoms with Crippen molar-refractivity contribution < 1.29 is 23.6 Å². The highest BCUT2D eigenvalue weighted by Gasteiger charge is 2.23. The van der Waals surface area contributed by atoms with Gasteiger partial charge < -0.3 is 9.47 Å². The topological polar surface area (TPSA) is 59.7 Å². The summed E-state index contributed by atoms with van der Waals surface area (Å²) in [6, 6.07) is 9.75. The molecule has 0 aliphatic heterocycles. The number of benzene rings is 1. The zero-order valence-corrected chi connectivity index (χ0v) is 26.7. The van der Waals surface area contributed by atoms with Gasteiger partial charge >= 0.3 is 6.09 Å². The van der Waals surface area contributed by atoms with E-state index in [0.29, 0.717) is 6.61 Å². The van der Waals surface area contributed by atoms with Crippen molar-refractivity contribution in [2.45, 2.75) is 130 Å². The number of hydrogen-bond acceptors (Lipinski definition) is 4. The molecule has 6 nitrogen and oxygen atoms in total. The molecule has 6 heteroatoms. The number of hydrogen-bond donors (Lipinski definition) is 0. The van der Waals surface area contributed by atoms with Gasteiger partial charge in [-0.2, -0.15) is 0 Å². The number of ether oxygens (including phenoxy) is 2. The van der Waals surface area contributed by atoms with Crippen LogP contribution in [0, 0.1) is 0 Å². The minimum Gasteiger partial charge on any atom is -0.493 e. The quantitative estimate of drug-likeness (QED) is 0.134. The van der Waals surface area contributed by atoms with Gasteiger partial charge in [0, 0.05) is 18.6 Å². The van der Waals surface area contributed by atoms with Crippen LogP contribution in [-0.4, -0.2) is 23.5 Å². The summed E-state index contributed by atoms with van der Waals surface area (Å²) >= 11 is 0. The first-order valence-electron chi connectivity index (χ1n) is 15.8. The van der Waals surface area contributed by atoms with Crippen molar-refractivity contribution in [3.8, 4) is 5.75 Å². The van der Waals surface area contributed by atoms with E-state index in [2.05, 4.69) is 33.8 Å². The summed E-state index contributed by atoms with van der Waals surface area (Å²) in [5.74, 6) is 0.538.